The molecule has 1 aliphatic rings. The molecule has 7 nitrogen and oxygen atoms in total. The van der Waals surface area contributed by atoms with Gasteiger partial charge in [0, 0.05) is 11.4 Å². The van der Waals surface area contributed by atoms with E-state index in [1.165, 1.54) is 29.2 Å². The molecule has 126 valence electrons. The Bertz CT molecular complexity index is 846. The van der Waals surface area contributed by atoms with E-state index >= 15 is 0 Å². The number of carboxylic acid groups (broad SMARTS) is 1. The first-order valence-corrected chi connectivity index (χ1v) is 7.51. The third-order valence-corrected chi connectivity index (χ3v) is 3.88. The second-order valence-electron chi connectivity index (χ2n) is 5.53. The molecule has 0 unspecified atom stereocenters. The molecule has 2 aromatic rings. The lowest BCUT2D eigenvalue weighted by atomic mass is 10.1. The Morgan fingerprint density at radius 1 is 1.00 bits per heavy atom. The van der Waals surface area contributed by atoms with E-state index in [2.05, 4.69) is 5.32 Å². The second-order valence-corrected chi connectivity index (χ2v) is 5.53. The summed E-state index contributed by atoms with van der Waals surface area (Å²) in [5.74, 6) is -4.27. The monoisotopic (exact) mass is 338 g/mol. The Morgan fingerprint density at radius 2 is 1.64 bits per heavy atom. The van der Waals surface area contributed by atoms with E-state index in [0.717, 1.165) is 0 Å². The van der Waals surface area contributed by atoms with Crippen LogP contribution in [0.15, 0.2) is 54.6 Å². The highest BCUT2D eigenvalue weighted by Crippen LogP contribution is 2.24. The third-order valence-electron chi connectivity index (χ3n) is 3.88. The summed E-state index contributed by atoms with van der Waals surface area (Å²) in [7, 11) is 0. The molecule has 1 atom stereocenters. The van der Waals surface area contributed by atoms with Gasteiger partial charge in [-0.15, -0.1) is 0 Å². The second kappa shape index (κ2) is 6.56. The van der Waals surface area contributed by atoms with Crippen molar-refractivity contribution < 1.29 is 24.3 Å². The number of rotatable bonds is 4. The van der Waals surface area contributed by atoms with Crippen LogP contribution in [0, 0.1) is 5.92 Å². The number of para-hydroxylation sites is 1. The zero-order valence-electron chi connectivity index (χ0n) is 13.0. The topological polar surface area (TPSA) is 104 Å². The summed E-state index contributed by atoms with van der Waals surface area (Å²) in [4.78, 5) is 49.0. The number of benzene rings is 2. The van der Waals surface area contributed by atoms with Crippen LogP contribution in [0.4, 0.5) is 11.4 Å². The molecule has 1 saturated heterocycles. The highest BCUT2D eigenvalue weighted by Gasteiger charge is 2.44. The zero-order chi connectivity index (χ0) is 18.0. The Morgan fingerprint density at radius 3 is 2.24 bits per heavy atom. The van der Waals surface area contributed by atoms with Gasteiger partial charge in [0.15, 0.2) is 11.7 Å². The maximum atomic E-state index is 12.5. The van der Waals surface area contributed by atoms with Crippen LogP contribution < -0.4 is 10.2 Å². The molecule has 0 spiro atoms. The number of ketones is 1. The molecule has 0 radical (unpaired) electrons. The maximum Gasteiger partial charge on any atom is 0.335 e. The molecule has 0 aromatic heterocycles. The quantitative estimate of drug-likeness (QED) is 0.823. The molecule has 1 fully saturated rings. The van der Waals surface area contributed by atoms with Gasteiger partial charge in [0.25, 0.3) is 0 Å². The molecule has 3 rings (SSSR count). The maximum absolute atomic E-state index is 12.5. The van der Waals surface area contributed by atoms with Crippen molar-refractivity contribution in [3.05, 3.63) is 60.2 Å². The van der Waals surface area contributed by atoms with Gasteiger partial charge < -0.3 is 15.3 Å². The van der Waals surface area contributed by atoms with E-state index in [-0.39, 0.29) is 12.1 Å². The lowest BCUT2D eigenvalue weighted by Gasteiger charge is -2.15. The molecular weight excluding hydrogens is 324 g/mol. The van der Waals surface area contributed by atoms with Crippen molar-refractivity contribution in [1.82, 2.24) is 0 Å². The van der Waals surface area contributed by atoms with Crippen molar-refractivity contribution in [2.45, 2.75) is 0 Å². The summed E-state index contributed by atoms with van der Waals surface area (Å²) in [6, 6.07) is 14.1. The fraction of sp³-hybridized carbons (Fsp3) is 0.111. The lowest BCUT2D eigenvalue weighted by Crippen LogP contribution is -2.34. The number of carbonyl (C=O) groups excluding carboxylic acids is 3. The molecule has 0 aliphatic carbocycles. The highest BCUT2D eigenvalue weighted by atomic mass is 16.4. The first-order chi connectivity index (χ1) is 12.0. The molecule has 7 heteroatoms. The number of nitrogens with one attached hydrogen (secondary N) is 1. The van der Waals surface area contributed by atoms with E-state index in [9.17, 15) is 19.2 Å². The Labute approximate surface area is 142 Å². The number of Topliss-reactive ketones (excluding diaryl/α,β-unsaturated/α-hetero) is 1. The third kappa shape index (κ3) is 3.25. The van der Waals surface area contributed by atoms with Crippen molar-refractivity contribution >= 4 is 34.9 Å². The highest BCUT2D eigenvalue weighted by molar-refractivity contribution is 6.30. The fourth-order valence-electron chi connectivity index (χ4n) is 2.61. The van der Waals surface area contributed by atoms with Crippen LogP contribution in [-0.2, 0) is 14.4 Å². The Kier molecular flexibility index (Phi) is 4.30. The van der Waals surface area contributed by atoms with Gasteiger partial charge in [-0.05, 0) is 36.4 Å². The van der Waals surface area contributed by atoms with E-state index in [1.54, 1.807) is 30.3 Å². The molecule has 2 aromatic carbocycles. The number of hydrogen-bond acceptors (Lipinski definition) is 4. The first kappa shape index (κ1) is 16.4. The molecule has 1 aliphatic heterocycles. The zero-order valence-corrected chi connectivity index (χ0v) is 13.0. The number of nitrogens with zero attached hydrogens (tertiary/aromatic N) is 1. The molecule has 0 saturated carbocycles. The van der Waals surface area contributed by atoms with Gasteiger partial charge in [-0.3, -0.25) is 14.4 Å². The first-order valence-electron chi connectivity index (χ1n) is 7.51. The van der Waals surface area contributed by atoms with Crippen molar-refractivity contribution in [2.75, 3.05) is 16.8 Å². The summed E-state index contributed by atoms with van der Waals surface area (Å²) in [5, 5.41) is 11.3. The van der Waals surface area contributed by atoms with Gasteiger partial charge >= 0.3 is 5.97 Å². The average molecular weight is 338 g/mol. The van der Waals surface area contributed by atoms with Gasteiger partial charge in [-0.25, -0.2) is 4.79 Å². The summed E-state index contributed by atoms with van der Waals surface area (Å²) in [6.07, 6.45) is 0. The average Bonchev–Trinajstić information content (AvgIpc) is 2.90. The largest absolute Gasteiger partial charge is 0.478 e. The molecular formula is C18H14N2O5. The van der Waals surface area contributed by atoms with Crippen LogP contribution in [0.5, 0.6) is 0 Å². The van der Waals surface area contributed by atoms with Crippen molar-refractivity contribution in [1.29, 1.82) is 0 Å². The summed E-state index contributed by atoms with van der Waals surface area (Å²) < 4.78 is 0. The number of amides is 2. The smallest absolute Gasteiger partial charge is 0.335 e. The Hall–Kier alpha value is -3.48. The minimum Gasteiger partial charge on any atom is -0.478 e. The predicted octanol–water partition coefficient (Wildman–Crippen LogP) is 1.56. The molecule has 2 N–H and O–H groups in total. The predicted molar refractivity (Wildman–Crippen MR) is 89.3 cm³/mol. The normalized spacial score (nSPS) is 16.8. The van der Waals surface area contributed by atoms with Gasteiger partial charge in [-0.1, -0.05) is 18.2 Å². The van der Waals surface area contributed by atoms with Crippen LogP contribution in [0.2, 0.25) is 0 Å². The molecule has 1 heterocycles. The van der Waals surface area contributed by atoms with Crippen LogP contribution in [-0.4, -0.2) is 35.2 Å². The van der Waals surface area contributed by atoms with Crippen molar-refractivity contribution in [2.24, 2.45) is 5.92 Å². The van der Waals surface area contributed by atoms with Crippen LogP contribution in [0.3, 0.4) is 0 Å². The number of hydrogen-bond donors (Lipinski definition) is 2. The van der Waals surface area contributed by atoms with Crippen LogP contribution >= 0.6 is 0 Å². The van der Waals surface area contributed by atoms with E-state index in [1.807, 2.05) is 0 Å². The van der Waals surface area contributed by atoms with Gasteiger partial charge in [0.05, 0.1) is 12.1 Å². The molecule has 0 bridgehead atoms. The van der Waals surface area contributed by atoms with E-state index in [4.69, 9.17) is 5.11 Å². The van der Waals surface area contributed by atoms with Gasteiger partial charge in [-0.2, -0.15) is 0 Å². The van der Waals surface area contributed by atoms with Crippen LogP contribution in [0.25, 0.3) is 0 Å². The minimum atomic E-state index is -1.40. The standard InChI is InChI=1S/C18H14N2O5/c21-14-10-20(13-4-2-1-3-5-13)17(23)15(14)16(22)19-12-8-6-11(7-9-12)18(24)25/h1-9,15H,10H2,(H,19,22)(H,24,25)/t15-/m0/s1. The number of aromatic carboxylic acids is 1. The van der Waals surface area contributed by atoms with Gasteiger partial charge in [0.2, 0.25) is 11.8 Å². The van der Waals surface area contributed by atoms with Crippen molar-refractivity contribution in [3.63, 3.8) is 0 Å². The van der Waals surface area contributed by atoms with E-state index < -0.39 is 29.5 Å². The lowest BCUT2D eigenvalue weighted by molar-refractivity contribution is -0.134. The minimum absolute atomic E-state index is 0.0706. The number of anilines is 2. The number of carboxylic acids is 1. The summed E-state index contributed by atoms with van der Waals surface area (Å²) >= 11 is 0. The van der Waals surface area contributed by atoms with E-state index in [0.29, 0.717) is 11.4 Å². The SMILES string of the molecule is O=C(O)c1ccc(NC(=O)[C@@H]2C(=O)CN(c3ccccc3)C2=O)cc1. The summed E-state index contributed by atoms with van der Waals surface area (Å²) in [6.45, 7) is -0.154. The molecule has 2 amide bonds. The Balaban J connectivity index is 1.74. The van der Waals surface area contributed by atoms with Crippen LogP contribution in [0.1, 0.15) is 10.4 Å². The fourth-order valence-corrected chi connectivity index (χ4v) is 2.61. The summed E-state index contributed by atoms with van der Waals surface area (Å²) in [5.41, 5.74) is 0.942. The van der Waals surface area contributed by atoms with Gasteiger partial charge in [0.1, 0.15) is 0 Å². The molecule has 25 heavy (non-hydrogen) atoms. The number of carbonyl (C=O) groups is 4. The van der Waals surface area contributed by atoms with Crippen molar-refractivity contribution in [3.8, 4) is 0 Å².